The molecule has 0 aliphatic rings. The summed E-state index contributed by atoms with van der Waals surface area (Å²) in [6.07, 6.45) is 4.90. The Bertz CT molecular complexity index is 1080. The Balaban J connectivity index is 1.72. The average molecular weight is 332 g/mol. The van der Waals surface area contributed by atoms with Crippen molar-refractivity contribution in [1.82, 2.24) is 24.4 Å². The number of anilines is 1. The van der Waals surface area contributed by atoms with E-state index in [2.05, 4.69) is 20.5 Å². The Labute approximate surface area is 143 Å². The largest absolute Gasteiger partial charge is 0.306 e. The van der Waals surface area contributed by atoms with Gasteiger partial charge in [-0.1, -0.05) is 18.2 Å². The van der Waals surface area contributed by atoms with Crippen molar-refractivity contribution >= 4 is 17.4 Å². The van der Waals surface area contributed by atoms with Gasteiger partial charge in [0.25, 0.3) is 5.91 Å². The second kappa shape index (κ2) is 5.86. The standard InChI is InChI=1S/C18H16N6O/c1-12-6-3-4-7-15(12)24-16(10-13(2)22-24)21-18(25)14-11-20-23-9-5-8-19-17(14)23/h3-11H,1-2H3,(H,21,25). The Morgan fingerprint density at radius 1 is 1.16 bits per heavy atom. The van der Waals surface area contributed by atoms with Gasteiger partial charge in [-0.3, -0.25) is 4.79 Å². The number of nitrogens with one attached hydrogen (secondary N) is 1. The van der Waals surface area contributed by atoms with Crippen LogP contribution in [0.2, 0.25) is 0 Å². The SMILES string of the molecule is Cc1cc(NC(=O)c2cnn3cccnc23)n(-c2ccccc2C)n1. The van der Waals surface area contributed by atoms with Crippen LogP contribution in [0.5, 0.6) is 0 Å². The van der Waals surface area contributed by atoms with Crippen molar-refractivity contribution in [2.45, 2.75) is 13.8 Å². The molecule has 0 unspecified atom stereocenters. The first-order chi connectivity index (χ1) is 12.1. The minimum absolute atomic E-state index is 0.275. The third-order valence-corrected chi connectivity index (χ3v) is 3.94. The molecule has 25 heavy (non-hydrogen) atoms. The maximum Gasteiger partial charge on any atom is 0.262 e. The van der Waals surface area contributed by atoms with Crippen molar-refractivity contribution in [2.24, 2.45) is 0 Å². The zero-order chi connectivity index (χ0) is 17.4. The van der Waals surface area contributed by atoms with Gasteiger partial charge in [-0.05, 0) is 31.5 Å². The Morgan fingerprint density at radius 2 is 2.00 bits per heavy atom. The number of benzene rings is 1. The number of hydrogen-bond acceptors (Lipinski definition) is 4. The van der Waals surface area contributed by atoms with E-state index >= 15 is 0 Å². The summed E-state index contributed by atoms with van der Waals surface area (Å²) in [5.74, 6) is 0.329. The maximum atomic E-state index is 12.7. The molecule has 0 spiro atoms. The molecule has 7 heteroatoms. The van der Waals surface area contributed by atoms with Crippen molar-refractivity contribution in [1.29, 1.82) is 0 Å². The van der Waals surface area contributed by atoms with Gasteiger partial charge >= 0.3 is 0 Å². The van der Waals surface area contributed by atoms with Crippen LogP contribution in [-0.2, 0) is 0 Å². The molecule has 3 aromatic heterocycles. The molecule has 3 heterocycles. The third-order valence-electron chi connectivity index (χ3n) is 3.94. The number of nitrogens with zero attached hydrogens (tertiary/aromatic N) is 5. The molecule has 0 aliphatic heterocycles. The van der Waals surface area contributed by atoms with Gasteiger partial charge in [-0.15, -0.1) is 0 Å². The Morgan fingerprint density at radius 3 is 2.84 bits per heavy atom. The van der Waals surface area contributed by atoms with Crippen molar-refractivity contribution in [3.05, 3.63) is 71.8 Å². The number of rotatable bonds is 3. The molecule has 0 atom stereocenters. The van der Waals surface area contributed by atoms with E-state index in [0.29, 0.717) is 17.0 Å². The summed E-state index contributed by atoms with van der Waals surface area (Å²) in [5.41, 5.74) is 3.73. The fraction of sp³-hybridized carbons (Fsp3) is 0.111. The van der Waals surface area contributed by atoms with Crippen molar-refractivity contribution in [3.63, 3.8) is 0 Å². The van der Waals surface area contributed by atoms with E-state index < -0.39 is 0 Å². The maximum absolute atomic E-state index is 12.7. The number of para-hydroxylation sites is 1. The van der Waals surface area contributed by atoms with Gasteiger partial charge in [0.15, 0.2) is 5.65 Å². The summed E-state index contributed by atoms with van der Waals surface area (Å²) in [7, 11) is 0. The molecule has 0 saturated carbocycles. The van der Waals surface area contributed by atoms with Gasteiger partial charge in [0.05, 0.1) is 17.6 Å². The number of hydrogen-bond donors (Lipinski definition) is 1. The van der Waals surface area contributed by atoms with E-state index in [1.54, 1.807) is 27.7 Å². The fourth-order valence-corrected chi connectivity index (χ4v) is 2.74. The molecule has 0 radical (unpaired) electrons. The lowest BCUT2D eigenvalue weighted by atomic mass is 10.2. The molecule has 1 amide bonds. The monoisotopic (exact) mass is 332 g/mol. The lowest BCUT2D eigenvalue weighted by molar-refractivity contribution is 0.102. The summed E-state index contributed by atoms with van der Waals surface area (Å²) in [5, 5.41) is 11.6. The van der Waals surface area contributed by atoms with E-state index in [0.717, 1.165) is 16.9 Å². The van der Waals surface area contributed by atoms with Gasteiger partial charge < -0.3 is 5.32 Å². The summed E-state index contributed by atoms with van der Waals surface area (Å²) >= 11 is 0. The zero-order valence-corrected chi connectivity index (χ0v) is 13.8. The highest BCUT2D eigenvalue weighted by Gasteiger charge is 2.17. The molecular formula is C18H16N6O. The minimum atomic E-state index is -0.275. The second-order valence-electron chi connectivity index (χ2n) is 5.77. The number of fused-ring (bicyclic) bond motifs is 1. The Hall–Kier alpha value is -3.48. The van der Waals surface area contributed by atoms with E-state index in [1.165, 1.54) is 6.20 Å². The summed E-state index contributed by atoms with van der Waals surface area (Å²) < 4.78 is 3.31. The summed E-state index contributed by atoms with van der Waals surface area (Å²) in [6.45, 7) is 3.90. The molecule has 1 N–H and O–H groups in total. The van der Waals surface area contributed by atoms with E-state index in [9.17, 15) is 4.79 Å². The number of carbonyl (C=O) groups is 1. The van der Waals surface area contributed by atoms with E-state index in [4.69, 9.17) is 0 Å². The van der Waals surface area contributed by atoms with Gasteiger partial charge in [-0.25, -0.2) is 14.2 Å². The van der Waals surface area contributed by atoms with Crippen LogP contribution in [0.15, 0.2) is 55.0 Å². The summed E-state index contributed by atoms with van der Waals surface area (Å²) in [6, 6.07) is 11.5. The number of amides is 1. The van der Waals surface area contributed by atoms with Crippen LogP contribution in [0.25, 0.3) is 11.3 Å². The highest BCUT2D eigenvalue weighted by Crippen LogP contribution is 2.21. The first-order valence-corrected chi connectivity index (χ1v) is 7.86. The minimum Gasteiger partial charge on any atom is -0.306 e. The van der Waals surface area contributed by atoms with Gasteiger partial charge in [0, 0.05) is 18.5 Å². The zero-order valence-electron chi connectivity index (χ0n) is 13.8. The van der Waals surface area contributed by atoms with Crippen LogP contribution in [0.1, 0.15) is 21.6 Å². The number of aromatic nitrogens is 5. The lowest BCUT2D eigenvalue weighted by Crippen LogP contribution is -2.15. The first-order valence-electron chi connectivity index (χ1n) is 7.86. The fourth-order valence-electron chi connectivity index (χ4n) is 2.74. The molecule has 0 bridgehead atoms. The molecular weight excluding hydrogens is 316 g/mol. The van der Waals surface area contributed by atoms with Gasteiger partial charge in [0.2, 0.25) is 0 Å². The van der Waals surface area contributed by atoms with Crippen LogP contribution >= 0.6 is 0 Å². The molecule has 124 valence electrons. The highest BCUT2D eigenvalue weighted by molar-refractivity contribution is 6.07. The normalized spacial score (nSPS) is 11.0. The first kappa shape index (κ1) is 15.1. The van der Waals surface area contributed by atoms with Crippen LogP contribution < -0.4 is 5.32 Å². The molecule has 7 nitrogen and oxygen atoms in total. The van der Waals surface area contributed by atoms with Crippen LogP contribution in [0, 0.1) is 13.8 Å². The molecule has 0 saturated heterocycles. The van der Waals surface area contributed by atoms with E-state index in [1.807, 2.05) is 44.2 Å². The molecule has 1 aromatic carbocycles. The number of carbonyl (C=O) groups excluding carboxylic acids is 1. The molecule has 4 rings (SSSR count). The van der Waals surface area contributed by atoms with Crippen LogP contribution in [0.3, 0.4) is 0 Å². The molecule has 4 aromatic rings. The van der Waals surface area contributed by atoms with E-state index in [-0.39, 0.29) is 5.91 Å². The van der Waals surface area contributed by atoms with Crippen molar-refractivity contribution < 1.29 is 4.79 Å². The molecule has 0 aliphatic carbocycles. The second-order valence-corrected chi connectivity index (χ2v) is 5.77. The average Bonchev–Trinajstić information content (AvgIpc) is 3.19. The quantitative estimate of drug-likeness (QED) is 0.626. The van der Waals surface area contributed by atoms with Gasteiger partial charge in [0.1, 0.15) is 11.4 Å². The number of aryl methyl sites for hydroxylation is 2. The van der Waals surface area contributed by atoms with Crippen molar-refractivity contribution in [3.8, 4) is 5.69 Å². The lowest BCUT2D eigenvalue weighted by Gasteiger charge is -2.10. The highest BCUT2D eigenvalue weighted by atomic mass is 16.1. The Kier molecular flexibility index (Phi) is 3.53. The molecule has 0 fully saturated rings. The van der Waals surface area contributed by atoms with Gasteiger partial charge in [-0.2, -0.15) is 10.2 Å². The smallest absolute Gasteiger partial charge is 0.262 e. The predicted molar refractivity (Wildman–Crippen MR) is 94.0 cm³/mol. The predicted octanol–water partition coefficient (Wildman–Crippen LogP) is 2.78. The van der Waals surface area contributed by atoms with Crippen molar-refractivity contribution in [2.75, 3.05) is 5.32 Å². The third kappa shape index (κ3) is 2.65. The van der Waals surface area contributed by atoms with Crippen LogP contribution in [0.4, 0.5) is 5.82 Å². The van der Waals surface area contributed by atoms with Crippen LogP contribution in [-0.4, -0.2) is 30.3 Å². The summed E-state index contributed by atoms with van der Waals surface area (Å²) in [4.78, 5) is 16.9. The topological polar surface area (TPSA) is 77.1 Å².